The zero-order valence-electron chi connectivity index (χ0n) is 12.4. The van der Waals surface area contributed by atoms with Crippen LogP contribution in [0.4, 0.5) is 0 Å². The Hall–Kier alpha value is -1.52. The van der Waals surface area contributed by atoms with Crippen LogP contribution in [0, 0.1) is 0 Å². The van der Waals surface area contributed by atoms with Crippen molar-refractivity contribution in [1.82, 2.24) is 5.32 Å². The first kappa shape index (κ1) is 15.9. The Morgan fingerprint density at radius 3 is 2.29 bits per heavy atom. The fourth-order valence-corrected chi connectivity index (χ4v) is 2.59. The Bertz CT molecular complexity index is 598. The maximum atomic E-state index is 10.1. The number of aromatic hydroxyl groups is 1. The van der Waals surface area contributed by atoms with Crippen molar-refractivity contribution < 1.29 is 9.84 Å². The lowest BCUT2D eigenvalue weighted by Gasteiger charge is -2.21. The van der Waals surface area contributed by atoms with Crippen molar-refractivity contribution in [2.24, 2.45) is 0 Å². The van der Waals surface area contributed by atoms with E-state index in [0.717, 1.165) is 10.0 Å². The third kappa shape index (κ3) is 3.99. The highest BCUT2D eigenvalue weighted by atomic mass is 79.9. The van der Waals surface area contributed by atoms with E-state index in [-0.39, 0.29) is 17.8 Å². The smallest absolute Gasteiger partial charge is 0.124 e. The predicted molar refractivity (Wildman–Crippen MR) is 88.8 cm³/mol. The number of nitrogens with one attached hydrogen (secondary N) is 1. The van der Waals surface area contributed by atoms with Gasteiger partial charge in [-0.15, -0.1) is 0 Å². The third-order valence-corrected chi connectivity index (χ3v) is 4.10. The SMILES string of the molecule is COc1ccc(C(C)N[C@@H](C)c2ccc(Br)cc2)c(O)c1. The second kappa shape index (κ2) is 6.96. The van der Waals surface area contributed by atoms with E-state index in [1.54, 1.807) is 13.2 Å². The van der Waals surface area contributed by atoms with Crippen molar-refractivity contribution in [2.75, 3.05) is 7.11 Å². The molecule has 0 aromatic heterocycles. The van der Waals surface area contributed by atoms with Crippen molar-refractivity contribution in [3.63, 3.8) is 0 Å². The van der Waals surface area contributed by atoms with Crippen LogP contribution in [0.15, 0.2) is 46.9 Å². The molecule has 0 aliphatic carbocycles. The fraction of sp³-hybridized carbons (Fsp3) is 0.294. The number of ether oxygens (including phenoxy) is 1. The first-order valence-electron chi connectivity index (χ1n) is 6.89. The van der Waals surface area contributed by atoms with Crippen LogP contribution in [0.2, 0.25) is 0 Å². The Kier molecular flexibility index (Phi) is 5.26. The molecule has 0 aliphatic heterocycles. The van der Waals surface area contributed by atoms with Crippen molar-refractivity contribution in [2.45, 2.75) is 25.9 Å². The van der Waals surface area contributed by atoms with Crippen molar-refractivity contribution in [3.05, 3.63) is 58.1 Å². The van der Waals surface area contributed by atoms with E-state index < -0.39 is 0 Å². The number of hydrogen-bond donors (Lipinski definition) is 2. The molecule has 2 aromatic rings. The fourth-order valence-electron chi connectivity index (χ4n) is 2.33. The summed E-state index contributed by atoms with van der Waals surface area (Å²) in [7, 11) is 1.59. The summed E-state index contributed by atoms with van der Waals surface area (Å²) in [6.07, 6.45) is 0. The zero-order chi connectivity index (χ0) is 15.4. The Balaban J connectivity index is 2.10. The topological polar surface area (TPSA) is 41.5 Å². The highest BCUT2D eigenvalue weighted by molar-refractivity contribution is 9.10. The minimum Gasteiger partial charge on any atom is -0.507 e. The predicted octanol–water partition coefficient (Wildman–Crippen LogP) is 4.58. The number of hydrogen-bond acceptors (Lipinski definition) is 3. The number of rotatable bonds is 5. The molecule has 2 N–H and O–H groups in total. The second-order valence-electron chi connectivity index (χ2n) is 5.09. The van der Waals surface area contributed by atoms with E-state index in [0.29, 0.717) is 5.75 Å². The molecule has 1 unspecified atom stereocenters. The van der Waals surface area contributed by atoms with Gasteiger partial charge in [0.15, 0.2) is 0 Å². The van der Waals surface area contributed by atoms with Gasteiger partial charge in [-0.25, -0.2) is 0 Å². The maximum absolute atomic E-state index is 10.1. The maximum Gasteiger partial charge on any atom is 0.124 e. The van der Waals surface area contributed by atoms with Crippen LogP contribution in [0.5, 0.6) is 11.5 Å². The molecule has 2 aromatic carbocycles. The second-order valence-corrected chi connectivity index (χ2v) is 6.00. The van der Waals surface area contributed by atoms with Crippen LogP contribution in [0.1, 0.15) is 37.1 Å². The van der Waals surface area contributed by atoms with Gasteiger partial charge in [-0.05, 0) is 37.6 Å². The molecule has 0 saturated carbocycles. The zero-order valence-corrected chi connectivity index (χ0v) is 14.0. The molecular formula is C17H20BrNO2. The van der Waals surface area contributed by atoms with E-state index in [2.05, 4.69) is 40.3 Å². The van der Waals surface area contributed by atoms with Gasteiger partial charge < -0.3 is 15.2 Å². The first-order chi connectivity index (χ1) is 10.0. The highest BCUT2D eigenvalue weighted by Crippen LogP contribution is 2.30. The lowest BCUT2D eigenvalue weighted by Crippen LogP contribution is -2.22. The molecule has 4 heteroatoms. The van der Waals surface area contributed by atoms with Gasteiger partial charge in [0.25, 0.3) is 0 Å². The lowest BCUT2D eigenvalue weighted by atomic mass is 10.0. The molecule has 0 aliphatic rings. The molecule has 0 amide bonds. The largest absolute Gasteiger partial charge is 0.507 e. The number of phenolic OH excluding ortho intramolecular Hbond substituents is 1. The number of halogens is 1. The van der Waals surface area contributed by atoms with Gasteiger partial charge >= 0.3 is 0 Å². The average Bonchev–Trinajstić information content (AvgIpc) is 2.47. The Morgan fingerprint density at radius 1 is 1.05 bits per heavy atom. The molecule has 0 heterocycles. The van der Waals surface area contributed by atoms with Gasteiger partial charge in [-0.2, -0.15) is 0 Å². The number of benzene rings is 2. The van der Waals surface area contributed by atoms with E-state index in [1.165, 1.54) is 5.56 Å². The van der Waals surface area contributed by atoms with Crippen LogP contribution in [0.3, 0.4) is 0 Å². The van der Waals surface area contributed by atoms with Gasteiger partial charge in [0.05, 0.1) is 7.11 Å². The van der Waals surface area contributed by atoms with Crippen molar-refractivity contribution >= 4 is 15.9 Å². The van der Waals surface area contributed by atoms with Crippen molar-refractivity contribution in [1.29, 1.82) is 0 Å². The molecule has 112 valence electrons. The molecule has 0 bridgehead atoms. The van der Waals surface area contributed by atoms with Gasteiger partial charge in [0, 0.05) is 28.2 Å². The van der Waals surface area contributed by atoms with Crippen LogP contribution in [-0.2, 0) is 0 Å². The standard InChI is InChI=1S/C17H20BrNO2/c1-11(13-4-6-14(18)7-5-13)19-12(2)16-9-8-15(21-3)10-17(16)20/h4-12,19-20H,1-3H3/t11-,12?/m0/s1. The molecule has 0 radical (unpaired) electrons. The Morgan fingerprint density at radius 2 is 1.71 bits per heavy atom. The summed E-state index contributed by atoms with van der Waals surface area (Å²) in [5.74, 6) is 0.904. The van der Waals surface area contributed by atoms with Gasteiger partial charge in [0.2, 0.25) is 0 Å². The molecule has 0 fully saturated rings. The van der Waals surface area contributed by atoms with Crippen LogP contribution in [0.25, 0.3) is 0 Å². The van der Waals surface area contributed by atoms with E-state index in [1.807, 2.05) is 31.2 Å². The van der Waals surface area contributed by atoms with Crippen LogP contribution in [-0.4, -0.2) is 12.2 Å². The van der Waals surface area contributed by atoms with Crippen molar-refractivity contribution in [3.8, 4) is 11.5 Å². The van der Waals surface area contributed by atoms with E-state index in [4.69, 9.17) is 4.74 Å². The van der Waals surface area contributed by atoms with Crippen LogP contribution >= 0.6 is 15.9 Å². The molecule has 3 nitrogen and oxygen atoms in total. The summed E-state index contributed by atoms with van der Waals surface area (Å²) in [5.41, 5.74) is 2.07. The van der Waals surface area contributed by atoms with E-state index in [9.17, 15) is 5.11 Å². The summed E-state index contributed by atoms with van der Waals surface area (Å²) >= 11 is 3.44. The molecule has 21 heavy (non-hydrogen) atoms. The molecule has 0 saturated heterocycles. The summed E-state index contributed by atoms with van der Waals surface area (Å²) < 4.78 is 6.18. The summed E-state index contributed by atoms with van der Waals surface area (Å²) in [6.45, 7) is 4.15. The highest BCUT2D eigenvalue weighted by Gasteiger charge is 2.14. The summed E-state index contributed by atoms with van der Waals surface area (Å²) in [6, 6.07) is 13.8. The monoisotopic (exact) mass is 349 g/mol. The molecular weight excluding hydrogens is 330 g/mol. The summed E-state index contributed by atoms with van der Waals surface area (Å²) in [5, 5.41) is 13.6. The van der Waals surface area contributed by atoms with Crippen LogP contribution < -0.4 is 10.1 Å². The first-order valence-corrected chi connectivity index (χ1v) is 7.69. The molecule has 0 spiro atoms. The van der Waals surface area contributed by atoms with E-state index >= 15 is 0 Å². The lowest BCUT2D eigenvalue weighted by molar-refractivity contribution is 0.402. The quantitative estimate of drug-likeness (QED) is 0.830. The molecule has 2 rings (SSSR count). The van der Waals surface area contributed by atoms with Gasteiger partial charge in [0.1, 0.15) is 11.5 Å². The third-order valence-electron chi connectivity index (χ3n) is 3.57. The average molecular weight is 350 g/mol. The normalized spacial score (nSPS) is 13.7. The minimum absolute atomic E-state index is 0.0366. The summed E-state index contributed by atoms with van der Waals surface area (Å²) in [4.78, 5) is 0. The Labute approximate surface area is 134 Å². The number of methoxy groups -OCH3 is 1. The number of phenols is 1. The minimum atomic E-state index is 0.0366. The molecule has 2 atom stereocenters. The van der Waals surface area contributed by atoms with Gasteiger partial charge in [-0.3, -0.25) is 0 Å². The van der Waals surface area contributed by atoms with Gasteiger partial charge in [-0.1, -0.05) is 34.1 Å².